The molecule has 29 heavy (non-hydrogen) atoms. The smallest absolute Gasteiger partial charge is 0.270 e. The first-order chi connectivity index (χ1) is 14.0. The number of benzene rings is 2. The molecule has 2 heterocycles. The Hall–Kier alpha value is -4.00. The van der Waals surface area contributed by atoms with Crippen LogP contribution >= 0.6 is 0 Å². The van der Waals surface area contributed by atoms with Gasteiger partial charge in [-0.05, 0) is 30.7 Å². The zero-order valence-electron chi connectivity index (χ0n) is 15.8. The normalized spacial score (nSPS) is 11.5. The number of rotatable bonds is 6. The number of aryl methyl sites for hydroxylation is 1. The van der Waals surface area contributed by atoms with E-state index < -0.39 is 4.92 Å². The fourth-order valence-corrected chi connectivity index (χ4v) is 3.52. The van der Waals surface area contributed by atoms with E-state index in [0.717, 1.165) is 11.0 Å². The fourth-order valence-electron chi connectivity index (χ4n) is 3.52. The lowest BCUT2D eigenvalue weighted by atomic mass is 10.1. The molecule has 0 spiro atoms. The zero-order valence-corrected chi connectivity index (χ0v) is 15.8. The van der Waals surface area contributed by atoms with Crippen LogP contribution in [0.15, 0.2) is 67.3 Å². The Morgan fingerprint density at radius 2 is 1.97 bits per heavy atom. The number of allylic oxidation sites excluding steroid dienone is 2. The van der Waals surface area contributed by atoms with E-state index in [2.05, 4.69) is 11.7 Å². The van der Waals surface area contributed by atoms with Gasteiger partial charge < -0.3 is 4.57 Å². The predicted octanol–water partition coefficient (Wildman–Crippen LogP) is 4.59. The number of nitrogens with zero attached hydrogens (tertiary/aromatic N) is 4. The van der Waals surface area contributed by atoms with Gasteiger partial charge in [0.1, 0.15) is 5.65 Å². The molecule has 2 aromatic carbocycles. The highest BCUT2D eigenvalue weighted by atomic mass is 16.6. The van der Waals surface area contributed by atoms with Gasteiger partial charge in [0.15, 0.2) is 5.78 Å². The van der Waals surface area contributed by atoms with Crippen molar-refractivity contribution in [3.63, 3.8) is 0 Å². The molecule has 0 bridgehead atoms. The molecule has 4 rings (SSSR count). The van der Waals surface area contributed by atoms with E-state index in [-0.39, 0.29) is 11.5 Å². The molecule has 0 fully saturated rings. The summed E-state index contributed by atoms with van der Waals surface area (Å²) in [5, 5.41) is 15.5. The van der Waals surface area contributed by atoms with E-state index in [4.69, 9.17) is 0 Å². The van der Waals surface area contributed by atoms with Crippen LogP contribution in [0.5, 0.6) is 0 Å². The van der Waals surface area contributed by atoms with E-state index in [9.17, 15) is 14.9 Å². The predicted molar refractivity (Wildman–Crippen MR) is 112 cm³/mol. The van der Waals surface area contributed by atoms with Crippen LogP contribution in [-0.4, -0.2) is 24.9 Å². The van der Waals surface area contributed by atoms with E-state index >= 15 is 0 Å². The van der Waals surface area contributed by atoms with Crippen molar-refractivity contribution in [1.82, 2.24) is 14.2 Å². The van der Waals surface area contributed by atoms with Crippen molar-refractivity contribution in [3.05, 3.63) is 94.2 Å². The molecule has 7 nitrogen and oxygen atoms in total. The van der Waals surface area contributed by atoms with Crippen molar-refractivity contribution in [2.45, 2.75) is 13.5 Å². The molecule has 0 aliphatic heterocycles. The third-order valence-corrected chi connectivity index (χ3v) is 4.76. The lowest BCUT2D eigenvalue weighted by Gasteiger charge is -2.03. The molecule has 7 heteroatoms. The number of ketones is 1. The molecule has 0 amide bonds. The maximum absolute atomic E-state index is 13.1. The Morgan fingerprint density at radius 1 is 1.21 bits per heavy atom. The first-order valence-corrected chi connectivity index (χ1v) is 9.05. The van der Waals surface area contributed by atoms with Crippen LogP contribution in [0.3, 0.4) is 0 Å². The number of carbonyl (C=O) groups is 1. The van der Waals surface area contributed by atoms with Gasteiger partial charge in [-0.1, -0.05) is 36.4 Å². The van der Waals surface area contributed by atoms with Crippen LogP contribution in [0.1, 0.15) is 21.6 Å². The van der Waals surface area contributed by atoms with Crippen LogP contribution in [0.4, 0.5) is 5.69 Å². The molecule has 0 saturated heterocycles. The number of nitro groups is 1. The largest absolute Gasteiger partial charge is 0.320 e. The molecule has 0 atom stereocenters. The standard InChI is InChI=1S/C22H18N4O3/c1-3-13-24-18-9-4-5-10-19(18)25-22(24)21(15(2)23-25)20(27)12-11-16-7-6-8-17(14-16)26(28)29/h3-12,14H,1,13H2,2H3. The maximum Gasteiger partial charge on any atom is 0.270 e. The van der Waals surface area contributed by atoms with Crippen molar-refractivity contribution in [2.24, 2.45) is 0 Å². The van der Waals surface area contributed by atoms with Crippen LogP contribution in [0.25, 0.3) is 22.8 Å². The quantitative estimate of drug-likeness (QED) is 0.160. The number of non-ortho nitro benzene ring substituents is 1. The number of imidazole rings is 1. The number of nitro benzene ring substituents is 1. The molecular weight excluding hydrogens is 368 g/mol. The summed E-state index contributed by atoms with van der Waals surface area (Å²) in [4.78, 5) is 23.5. The van der Waals surface area contributed by atoms with Gasteiger partial charge in [-0.2, -0.15) is 5.10 Å². The Labute approximate surface area is 166 Å². The first kappa shape index (κ1) is 18.4. The number of fused-ring (bicyclic) bond motifs is 3. The molecule has 0 radical (unpaired) electrons. The highest BCUT2D eigenvalue weighted by Gasteiger charge is 2.21. The zero-order chi connectivity index (χ0) is 20.5. The van der Waals surface area contributed by atoms with Crippen LogP contribution < -0.4 is 0 Å². The van der Waals surface area contributed by atoms with Gasteiger partial charge in [-0.15, -0.1) is 6.58 Å². The summed E-state index contributed by atoms with van der Waals surface area (Å²) in [5.74, 6) is -0.211. The van der Waals surface area contributed by atoms with Gasteiger partial charge in [0, 0.05) is 18.7 Å². The van der Waals surface area contributed by atoms with Crippen molar-refractivity contribution < 1.29 is 9.72 Å². The first-order valence-electron chi connectivity index (χ1n) is 9.05. The van der Waals surface area contributed by atoms with Crippen molar-refractivity contribution in [1.29, 1.82) is 0 Å². The van der Waals surface area contributed by atoms with E-state index in [1.54, 1.807) is 35.7 Å². The Balaban J connectivity index is 1.82. The molecule has 0 N–H and O–H groups in total. The highest BCUT2D eigenvalue weighted by Crippen LogP contribution is 2.26. The lowest BCUT2D eigenvalue weighted by molar-refractivity contribution is -0.384. The molecule has 4 aromatic rings. The van der Waals surface area contributed by atoms with Crippen molar-refractivity contribution >= 4 is 34.2 Å². The summed E-state index contributed by atoms with van der Waals surface area (Å²) in [6.45, 7) is 6.16. The minimum Gasteiger partial charge on any atom is -0.320 e. The van der Waals surface area contributed by atoms with Gasteiger partial charge >= 0.3 is 0 Å². The van der Waals surface area contributed by atoms with Gasteiger partial charge in [0.2, 0.25) is 0 Å². The summed E-state index contributed by atoms with van der Waals surface area (Å²) < 4.78 is 3.79. The average molecular weight is 386 g/mol. The molecule has 2 aromatic heterocycles. The number of carbonyl (C=O) groups excluding carboxylic acids is 1. The topological polar surface area (TPSA) is 82.4 Å². The maximum atomic E-state index is 13.1. The molecule has 144 valence electrons. The monoisotopic (exact) mass is 386 g/mol. The molecular formula is C22H18N4O3. The number of para-hydroxylation sites is 2. The van der Waals surface area contributed by atoms with Crippen LogP contribution in [0, 0.1) is 17.0 Å². The van der Waals surface area contributed by atoms with Gasteiger partial charge in [-0.25, -0.2) is 4.52 Å². The SMILES string of the molecule is C=CCn1c2ccccc2n2nc(C)c(C(=O)C=Cc3cccc([N+](=O)[O-])c3)c12. The third kappa shape index (κ3) is 3.12. The highest BCUT2D eigenvalue weighted by molar-refractivity contribution is 6.12. The van der Waals surface area contributed by atoms with Crippen molar-refractivity contribution in [3.8, 4) is 0 Å². The van der Waals surface area contributed by atoms with Gasteiger partial charge in [-0.3, -0.25) is 14.9 Å². The van der Waals surface area contributed by atoms with Crippen molar-refractivity contribution in [2.75, 3.05) is 0 Å². The molecule has 0 saturated carbocycles. The van der Waals surface area contributed by atoms with Crippen LogP contribution in [-0.2, 0) is 6.54 Å². The fraction of sp³-hybridized carbons (Fsp3) is 0.0909. The van der Waals surface area contributed by atoms with Crippen LogP contribution in [0.2, 0.25) is 0 Å². The Kier molecular flexibility index (Phi) is 4.56. The minimum absolute atomic E-state index is 0.0187. The summed E-state index contributed by atoms with van der Waals surface area (Å²) in [5.41, 5.74) is 4.27. The summed E-state index contributed by atoms with van der Waals surface area (Å²) >= 11 is 0. The molecule has 0 aliphatic rings. The summed E-state index contributed by atoms with van der Waals surface area (Å²) in [6.07, 6.45) is 4.79. The van der Waals surface area contributed by atoms with E-state index in [1.807, 2.05) is 28.8 Å². The Bertz CT molecular complexity index is 1310. The molecule has 0 unspecified atom stereocenters. The average Bonchev–Trinajstić information content (AvgIpc) is 3.20. The number of aromatic nitrogens is 3. The lowest BCUT2D eigenvalue weighted by Crippen LogP contribution is -2.02. The number of hydrogen-bond acceptors (Lipinski definition) is 4. The summed E-state index contributed by atoms with van der Waals surface area (Å²) in [6, 6.07) is 14.0. The second-order valence-electron chi connectivity index (χ2n) is 6.63. The minimum atomic E-state index is -0.460. The van der Waals surface area contributed by atoms with E-state index in [1.165, 1.54) is 18.2 Å². The van der Waals surface area contributed by atoms with E-state index in [0.29, 0.717) is 29.0 Å². The molecule has 0 aliphatic carbocycles. The van der Waals surface area contributed by atoms with Gasteiger partial charge in [0.25, 0.3) is 5.69 Å². The second-order valence-corrected chi connectivity index (χ2v) is 6.63. The third-order valence-electron chi connectivity index (χ3n) is 4.76. The van der Waals surface area contributed by atoms with Gasteiger partial charge in [0.05, 0.1) is 27.2 Å². The summed E-state index contributed by atoms with van der Waals surface area (Å²) in [7, 11) is 0. The number of hydrogen-bond donors (Lipinski definition) is 0. The Morgan fingerprint density at radius 3 is 2.69 bits per heavy atom. The second kappa shape index (κ2) is 7.20.